The van der Waals surface area contributed by atoms with Crippen LogP contribution in [0.3, 0.4) is 0 Å². The summed E-state index contributed by atoms with van der Waals surface area (Å²) in [4.78, 5) is 11.0. The van der Waals surface area contributed by atoms with Gasteiger partial charge in [-0.1, -0.05) is 5.92 Å². The van der Waals surface area contributed by atoms with Crippen molar-refractivity contribution in [3.05, 3.63) is 0 Å². The lowest BCUT2D eigenvalue weighted by Crippen LogP contribution is -2.38. The number of sulfonamides is 1. The fourth-order valence-corrected chi connectivity index (χ4v) is 1.31. The first kappa shape index (κ1) is 13.9. The maximum absolute atomic E-state index is 11.0. The van der Waals surface area contributed by atoms with Gasteiger partial charge < -0.3 is 5.32 Å². The molecule has 0 aromatic heterocycles. The lowest BCUT2D eigenvalue weighted by Gasteiger charge is -2.05. The predicted molar refractivity (Wildman–Crippen MR) is 57.6 cm³/mol. The van der Waals surface area contributed by atoms with Crippen LogP contribution in [-0.4, -0.2) is 46.8 Å². The van der Waals surface area contributed by atoms with Crippen molar-refractivity contribution in [3.63, 3.8) is 0 Å². The van der Waals surface area contributed by atoms with Crippen molar-refractivity contribution in [2.45, 2.75) is 0 Å². The number of rotatable bonds is 7. The lowest BCUT2D eigenvalue weighted by atomic mass is 10.5. The van der Waals surface area contributed by atoms with Crippen LogP contribution in [-0.2, 0) is 14.8 Å². The largest absolute Gasteiger partial charge is 0.354 e. The number of hydrogen-bond acceptors (Lipinski definition) is 4. The Morgan fingerprint density at radius 1 is 1.47 bits per heavy atom. The molecular weight excluding hydrogens is 218 g/mol. The molecule has 0 saturated heterocycles. The first-order chi connectivity index (χ1) is 7.02. The Labute approximate surface area is 89.9 Å². The van der Waals surface area contributed by atoms with E-state index in [0.29, 0.717) is 6.54 Å². The topological polar surface area (TPSA) is 87.3 Å². The summed E-state index contributed by atoms with van der Waals surface area (Å²) in [6.07, 6.45) is 4.96. The molecule has 0 rings (SSSR count). The van der Waals surface area contributed by atoms with Crippen LogP contribution in [0.2, 0.25) is 0 Å². The van der Waals surface area contributed by atoms with Crippen LogP contribution in [0.5, 0.6) is 0 Å². The van der Waals surface area contributed by atoms with E-state index >= 15 is 0 Å². The molecule has 0 fully saturated rings. The first-order valence-corrected chi connectivity index (χ1v) is 5.99. The zero-order valence-electron chi connectivity index (χ0n) is 8.54. The Morgan fingerprint density at radius 3 is 2.67 bits per heavy atom. The molecule has 0 atom stereocenters. The van der Waals surface area contributed by atoms with E-state index in [1.807, 2.05) is 0 Å². The molecule has 0 radical (unpaired) electrons. The smallest absolute Gasteiger partial charge is 0.234 e. The maximum atomic E-state index is 11.0. The zero-order chi connectivity index (χ0) is 11.7. The van der Waals surface area contributed by atoms with Crippen LogP contribution in [0.15, 0.2) is 0 Å². The SMILES string of the molecule is C#CCNCC(=O)NCCS(=O)(=O)NC. The average Bonchev–Trinajstić information content (AvgIpc) is 2.18. The van der Waals surface area contributed by atoms with Crippen LogP contribution in [0, 0.1) is 12.3 Å². The van der Waals surface area contributed by atoms with Crippen LogP contribution >= 0.6 is 0 Å². The third kappa shape index (κ3) is 7.93. The third-order valence-electron chi connectivity index (χ3n) is 1.52. The quantitative estimate of drug-likeness (QED) is 0.346. The number of terminal acetylenes is 1. The van der Waals surface area contributed by atoms with Crippen molar-refractivity contribution in [2.75, 3.05) is 32.4 Å². The summed E-state index contributed by atoms with van der Waals surface area (Å²) < 4.78 is 24.0. The molecule has 0 heterocycles. The van der Waals surface area contributed by atoms with E-state index in [0.717, 1.165) is 0 Å². The van der Waals surface area contributed by atoms with Gasteiger partial charge in [0.1, 0.15) is 0 Å². The molecule has 7 heteroatoms. The highest BCUT2D eigenvalue weighted by Gasteiger charge is 2.07. The van der Waals surface area contributed by atoms with Gasteiger partial charge in [0, 0.05) is 6.54 Å². The van der Waals surface area contributed by atoms with Gasteiger partial charge in [-0.05, 0) is 7.05 Å². The molecule has 0 aliphatic rings. The number of amides is 1. The van der Waals surface area contributed by atoms with Crippen molar-refractivity contribution in [1.82, 2.24) is 15.4 Å². The molecule has 3 N–H and O–H groups in total. The predicted octanol–water partition coefficient (Wildman–Crippen LogP) is -2.13. The minimum atomic E-state index is -3.26. The fourth-order valence-electron chi connectivity index (χ4n) is 0.738. The Morgan fingerprint density at radius 2 is 2.13 bits per heavy atom. The summed E-state index contributed by atoms with van der Waals surface area (Å²) >= 11 is 0. The van der Waals surface area contributed by atoms with Crippen LogP contribution in [0.25, 0.3) is 0 Å². The fraction of sp³-hybridized carbons (Fsp3) is 0.625. The van der Waals surface area contributed by atoms with E-state index in [-0.39, 0.29) is 24.7 Å². The van der Waals surface area contributed by atoms with Gasteiger partial charge in [0.25, 0.3) is 0 Å². The van der Waals surface area contributed by atoms with Gasteiger partial charge in [0.2, 0.25) is 15.9 Å². The van der Waals surface area contributed by atoms with E-state index in [1.54, 1.807) is 0 Å². The molecule has 0 saturated carbocycles. The summed E-state index contributed by atoms with van der Waals surface area (Å²) in [6, 6.07) is 0. The molecule has 15 heavy (non-hydrogen) atoms. The van der Waals surface area contributed by atoms with Gasteiger partial charge in [-0.2, -0.15) is 0 Å². The van der Waals surface area contributed by atoms with Crippen LogP contribution in [0.1, 0.15) is 0 Å². The van der Waals surface area contributed by atoms with Gasteiger partial charge in [0.15, 0.2) is 0 Å². The molecule has 1 amide bonds. The van der Waals surface area contributed by atoms with Crippen molar-refractivity contribution < 1.29 is 13.2 Å². The molecule has 6 nitrogen and oxygen atoms in total. The average molecular weight is 233 g/mol. The Hall–Kier alpha value is -1.10. The summed E-state index contributed by atoms with van der Waals surface area (Å²) in [5.41, 5.74) is 0. The molecule has 0 unspecified atom stereocenters. The molecule has 0 aromatic rings. The Bertz CT molecular complexity index is 332. The van der Waals surface area contributed by atoms with Crippen molar-refractivity contribution in [2.24, 2.45) is 0 Å². The van der Waals surface area contributed by atoms with Crippen molar-refractivity contribution in [1.29, 1.82) is 0 Å². The van der Waals surface area contributed by atoms with Gasteiger partial charge in [-0.3, -0.25) is 10.1 Å². The second-order valence-electron chi connectivity index (χ2n) is 2.68. The minimum absolute atomic E-state index is 0.0831. The van der Waals surface area contributed by atoms with Crippen LogP contribution in [0.4, 0.5) is 0 Å². The van der Waals surface area contributed by atoms with E-state index in [4.69, 9.17) is 6.42 Å². The van der Waals surface area contributed by atoms with Crippen molar-refractivity contribution in [3.8, 4) is 12.3 Å². The highest BCUT2D eigenvalue weighted by atomic mass is 32.2. The summed E-state index contributed by atoms with van der Waals surface area (Å²) in [6.45, 7) is 0.478. The van der Waals surface area contributed by atoms with Gasteiger partial charge in [0.05, 0.1) is 18.8 Å². The lowest BCUT2D eigenvalue weighted by molar-refractivity contribution is -0.120. The van der Waals surface area contributed by atoms with Crippen LogP contribution < -0.4 is 15.4 Å². The molecule has 86 valence electrons. The summed E-state index contributed by atoms with van der Waals surface area (Å²) in [5.74, 6) is 1.90. The number of carbonyl (C=O) groups excluding carboxylic acids is 1. The Balaban J connectivity index is 3.61. The summed E-state index contributed by atoms with van der Waals surface area (Å²) in [5, 5.41) is 5.13. The van der Waals surface area contributed by atoms with E-state index in [2.05, 4.69) is 21.3 Å². The highest BCUT2D eigenvalue weighted by molar-refractivity contribution is 7.89. The molecule has 0 aromatic carbocycles. The highest BCUT2D eigenvalue weighted by Crippen LogP contribution is 1.79. The standard InChI is InChI=1S/C8H15N3O3S/c1-3-4-10-7-8(12)11-5-6-15(13,14)9-2/h1,9-10H,4-7H2,2H3,(H,11,12). The first-order valence-electron chi connectivity index (χ1n) is 4.34. The normalized spacial score (nSPS) is 10.7. The third-order valence-corrected chi connectivity index (χ3v) is 2.88. The monoisotopic (exact) mass is 233 g/mol. The van der Waals surface area contributed by atoms with Crippen molar-refractivity contribution >= 4 is 15.9 Å². The maximum Gasteiger partial charge on any atom is 0.234 e. The molecule has 0 spiro atoms. The number of hydrogen-bond donors (Lipinski definition) is 3. The second-order valence-corrected chi connectivity index (χ2v) is 4.73. The molecular formula is C8H15N3O3S. The molecule has 0 bridgehead atoms. The summed E-state index contributed by atoms with van der Waals surface area (Å²) in [7, 11) is -1.93. The number of nitrogens with one attached hydrogen (secondary N) is 3. The molecule has 0 aliphatic heterocycles. The second kappa shape index (κ2) is 7.23. The van der Waals surface area contributed by atoms with Gasteiger partial charge in [-0.15, -0.1) is 6.42 Å². The van der Waals surface area contributed by atoms with E-state index in [1.165, 1.54) is 7.05 Å². The van der Waals surface area contributed by atoms with E-state index < -0.39 is 10.0 Å². The van der Waals surface area contributed by atoms with E-state index in [9.17, 15) is 13.2 Å². The minimum Gasteiger partial charge on any atom is -0.354 e. The number of carbonyl (C=O) groups is 1. The van der Waals surface area contributed by atoms with Gasteiger partial charge >= 0.3 is 0 Å². The Kier molecular flexibility index (Phi) is 6.70. The van der Waals surface area contributed by atoms with Gasteiger partial charge in [-0.25, -0.2) is 13.1 Å². The molecule has 0 aliphatic carbocycles. The zero-order valence-corrected chi connectivity index (χ0v) is 9.36.